The average Bonchev–Trinajstić information content (AvgIpc) is 3.06. The summed E-state index contributed by atoms with van der Waals surface area (Å²) in [6.45, 7) is 1.55. The number of carbonyl (C=O) groups excluding carboxylic acids is 2. The van der Waals surface area contributed by atoms with Crippen molar-refractivity contribution in [3.63, 3.8) is 0 Å². The molecule has 0 aliphatic rings. The molecule has 0 bridgehead atoms. The molecule has 0 saturated heterocycles. The molecule has 3 rings (SSSR count). The Labute approximate surface area is 172 Å². The first-order valence-corrected chi connectivity index (χ1v) is 9.14. The number of amides is 1. The second-order valence-corrected chi connectivity index (χ2v) is 6.68. The molecule has 0 aliphatic carbocycles. The summed E-state index contributed by atoms with van der Waals surface area (Å²) in [4.78, 5) is 24.3. The second-order valence-electron chi connectivity index (χ2n) is 6.24. The summed E-state index contributed by atoms with van der Waals surface area (Å²) in [5.41, 5.74) is 1.95. The van der Waals surface area contributed by atoms with Gasteiger partial charge in [0.05, 0.1) is 14.2 Å². The van der Waals surface area contributed by atoms with E-state index in [1.165, 1.54) is 7.11 Å². The topological polar surface area (TPSA) is 87.0 Å². The highest BCUT2D eigenvalue weighted by molar-refractivity contribution is 6.31. The first-order valence-electron chi connectivity index (χ1n) is 8.76. The number of nitrogens with one attached hydrogen (secondary N) is 1. The van der Waals surface area contributed by atoms with Crippen molar-refractivity contribution in [2.45, 2.75) is 13.5 Å². The molecule has 0 spiro atoms. The van der Waals surface area contributed by atoms with Crippen molar-refractivity contribution in [1.82, 2.24) is 5.32 Å². The number of benzene rings is 2. The first kappa shape index (κ1) is 20.5. The van der Waals surface area contributed by atoms with Crippen molar-refractivity contribution in [3.05, 3.63) is 58.3 Å². The molecule has 0 saturated carbocycles. The van der Waals surface area contributed by atoms with Crippen molar-refractivity contribution in [2.75, 3.05) is 20.8 Å². The van der Waals surface area contributed by atoms with Crippen molar-refractivity contribution in [1.29, 1.82) is 0 Å². The number of carbonyl (C=O) groups is 2. The van der Waals surface area contributed by atoms with Crippen LogP contribution in [0, 0.1) is 6.92 Å². The maximum Gasteiger partial charge on any atom is 0.375 e. The van der Waals surface area contributed by atoms with Gasteiger partial charge in [-0.15, -0.1) is 0 Å². The zero-order chi connectivity index (χ0) is 21.0. The van der Waals surface area contributed by atoms with Crippen LogP contribution in [0.1, 0.15) is 21.7 Å². The Morgan fingerprint density at radius 2 is 1.83 bits per heavy atom. The fourth-order valence-corrected chi connectivity index (χ4v) is 3.00. The van der Waals surface area contributed by atoms with E-state index in [2.05, 4.69) is 5.32 Å². The zero-order valence-corrected chi connectivity index (χ0v) is 17.0. The van der Waals surface area contributed by atoms with Crippen LogP contribution in [0.25, 0.3) is 11.0 Å². The number of methoxy groups -OCH3 is 2. The Balaban J connectivity index is 1.57. The van der Waals surface area contributed by atoms with Crippen molar-refractivity contribution in [2.24, 2.45) is 0 Å². The number of rotatable bonds is 7. The molecule has 29 heavy (non-hydrogen) atoms. The van der Waals surface area contributed by atoms with Gasteiger partial charge in [0.15, 0.2) is 18.1 Å². The lowest BCUT2D eigenvalue weighted by atomic mass is 10.1. The van der Waals surface area contributed by atoms with Gasteiger partial charge in [-0.25, -0.2) is 4.79 Å². The predicted octanol–water partition coefficient (Wildman–Crippen LogP) is 3.89. The number of furan rings is 1. The molecule has 2 aromatic carbocycles. The molecule has 1 N–H and O–H groups in total. The molecule has 1 heterocycles. The minimum absolute atomic E-state index is 0.0509. The summed E-state index contributed by atoms with van der Waals surface area (Å²) in [6, 6.07) is 10.4. The van der Waals surface area contributed by atoms with Crippen LogP contribution in [0.3, 0.4) is 0 Å². The number of fused-ring (bicyclic) bond motifs is 1. The van der Waals surface area contributed by atoms with Gasteiger partial charge in [0.2, 0.25) is 5.76 Å². The average molecular weight is 418 g/mol. The van der Waals surface area contributed by atoms with E-state index in [0.29, 0.717) is 27.7 Å². The van der Waals surface area contributed by atoms with Gasteiger partial charge in [0, 0.05) is 22.5 Å². The summed E-state index contributed by atoms with van der Waals surface area (Å²) >= 11 is 5.98. The van der Waals surface area contributed by atoms with E-state index in [4.69, 9.17) is 30.2 Å². The van der Waals surface area contributed by atoms with Crippen LogP contribution in [0.15, 0.2) is 40.8 Å². The van der Waals surface area contributed by atoms with Crippen molar-refractivity contribution in [3.8, 4) is 11.5 Å². The SMILES string of the molecule is COc1ccc(CNC(=O)COC(=O)c2oc3ccc(Cl)cc3c2C)cc1OC. The van der Waals surface area contributed by atoms with E-state index in [1.54, 1.807) is 50.4 Å². The minimum Gasteiger partial charge on any atom is -0.493 e. The maximum atomic E-state index is 12.3. The Morgan fingerprint density at radius 3 is 2.55 bits per heavy atom. The largest absolute Gasteiger partial charge is 0.493 e. The van der Waals surface area contributed by atoms with Gasteiger partial charge in [-0.05, 0) is 42.8 Å². The van der Waals surface area contributed by atoms with Gasteiger partial charge in [-0.1, -0.05) is 17.7 Å². The highest BCUT2D eigenvalue weighted by Gasteiger charge is 2.20. The molecule has 1 amide bonds. The lowest BCUT2D eigenvalue weighted by Crippen LogP contribution is -2.28. The van der Waals surface area contributed by atoms with E-state index in [9.17, 15) is 9.59 Å². The molecule has 0 unspecified atom stereocenters. The van der Waals surface area contributed by atoms with Gasteiger partial charge < -0.3 is 23.9 Å². The normalized spacial score (nSPS) is 10.6. The zero-order valence-electron chi connectivity index (χ0n) is 16.2. The lowest BCUT2D eigenvalue weighted by Gasteiger charge is -2.10. The maximum absolute atomic E-state index is 12.3. The van der Waals surface area contributed by atoms with Gasteiger partial charge in [0.1, 0.15) is 5.58 Å². The Hall–Kier alpha value is -3.19. The summed E-state index contributed by atoms with van der Waals surface area (Å²) in [5, 5.41) is 3.94. The predicted molar refractivity (Wildman–Crippen MR) is 108 cm³/mol. The molecular formula is C21H20ClNO6. The first-order chi connectivity index (χ1) is 13.9. The third-order valence-corrected chi connectivity index (χ3v) is 4.59. The second kappa shape index (κ2) is 8.87. The number of halogens is 1. The van der Waals surface area contributed by atoms with E-state index in [1.807, 2.05) is 0 Å². The van der Waals surface area contributed by atoms with Crippen molar-refractivity contribution < 1.29 is 28.2 Å². The van der Waals surface area contributed by atoms with E-state index in [0.717, 1.165) is 10.9 Å². The lowest BCUT2D eigenvalue weighted by molar-refractivity contribution is -0.124. The minimum atomic E-state index is -0.712. The molecule has 0 aliphatic heterocycles. The molecule has 0 fully saturated rings. The van der Waals surface area contributed by atoms with Crippen LogP contribution in [0.5, 0.6) is 11.5 Å². The van der Waals surface area contributed by atoms with Gasteiger partial charge in [-0.3, -0.25) is 4.79 Å². The molecule has 0 atom stereocenters. The Morgan fingerprint density at radius 1 is 1.07 bits per heavy atom. The van der Waals surface area contributed by atoms with E-state index >= 15 is 0 Å². The monoisotopic (exact) mass is 417 g/mol. The third kappa shape index (κ3) is 4.63. The summed E-state index contributed by atoms with van der Waals surface area (Å²) < 4.78 is 21.0. The Kier molecular flexibility index (Phi) is 6.29. The van der Waals surface area contributed by atoms with E-state index < -0.39 is 18.5 Å². The molecule has 0 radical (unpaired) electrons. The molecule has 3 aromatic rings. The summed E-state index contributed by atoms with van der Waals surface area (Å²) in [5.74, 6) is 0.0566. The molecule has 152 valence electrons. The van der Waals surface area contributed by atoms with Gasteiger partial charge >= 0.3 is 5.97 Å². The highest BCUT2D eigenvalue weighted by Crippen LogP contribution is 2.29. The fourth-order valence-electron chi connectivity index (χ4n) is 2.83. The Bertz CT molecular complexity index is 1060. The van der Waals surface area contributed by atoms with E-state index in [-0.39, 0.29) is 12.3 Å². The van der Waals surface area contributed by atoms with Crippen LogP contribution in [0.4, 0.5) is 0 Å². The number of hydrogen-bond acceptors (Lipinski definition) is 6. The van der Waals surface area contributed by atoms with Gasteiger partial charge in [-0.2, -0.15) is 0 Å². The highest BCUT2D eigenvalue weighted by atomic mass is 35.5. The third-order valence-electron chi connectivity index (χ3n) is 4.36. The summed E-state index contributed by atoms with van der Waals surface area (Å²) in [7, 11) is 3.08. The standard InChI is InChI=1S/C21H20ClNO6/c1-12-15-9-14(22)5-7-16(15)29-20(12)21(25)28-11-19(24)23-10-13-4-6-17(26-2)18(8-13)27-3/h4-9H,10-11H2,1-3H3,(H,23,24). The molecule has 8 heteroatoms. The number of ether oxygens (including phenoxy) is 3. The number of esters is 1. The molecule has 7 nitrogen and oxygen atoms in total. The number of aryl methyl sites for hydroxylation is 1. The summed E-state index contributed by atoms with van der Waals surface area (Å²) in [6.07, 6.45) is 0. The number of hydrogen-bond donors (Lipinski definition) is 1. The van der Waals surface area contributed by atoms with Crippen LogP contribution in [0.2, 0.25) is 5.02 Å². The van der Waals surface area contributed by atoms with Crippen LogP contribution in [-0.4, -0.2) is 32.7 Å². The van der Waals surface area contributed by atoms with Crippen LogP contribution in [-0.2, 0) is 16.1 Å². The molecule has 1 aromatic heterocycles. The molecular weight excluding hydrogens is 398 g/mol. The smallest absolute Gasteiger partial charge is 0.375 e. The van der Waals surface area contributed by atoms with Crippen LogP contribution < -0.4 is 14.8 Å². The van der Waals surface area contributed by atoms with Gasteiger partial charge in [0.25, 0.3) is 5.91 Å². The fraction of sp³-hybridized carbons (Fsp3) is 0.238. The quantitative estimate of drug-likeness (QED) is 0.587. The van der Waals surface area contributed by atoms with Crippen LogP contribution >= 0.6 is 11.6 Å². The van der Waals surface area contributed by atoms with Crippen molar-refractivity contribution >= 4 is 34.4 Å².